The van der Waals surface area contributed by atoms with Crippen LogP contribution in [0.3, 0.4) is 0 Å². The van der Waals surface area contributed by atoms with Crippen molar-refractivity contribution in [1.29, 1.82) is 0 Å². The molecule has 0 unspecified atom stereocenters. The lowest BCUT2D eigenvalue weighted by Gasteiger charge is -2.13. The van der Waals surface area contributed by atoms with Crippen molar-refractivity contribution in [2.45, 2.75) is 32.1 Å². The number of nitrogens with one attached hydrogen (secondary N) is 2. The lowest BCUT2D eigenvalue weighted by molar-refractivity contribution is 0.0944. The molecule has 0 bridgehead atoms. The van der Waals surface area contributed by atoms with Crippen LogP contribution in [-0.2, 0) is 10.0 Å². The molecule has 0 spiro atoms. The minimum Gasteiger partial charge on any atom is -0.493 e. The maximum absolute atomic E-state index is 12.4. The van der Waals surface area contributed by atoms with Crippen LogP contribution in [0.1, 0.15) is 34.8 Å². The van der Waals surface area contributed by atoms with E-state index >= 15 is 0 Å². The van der Waals surface area contributed by atoms with Gasteiger partial charge in [-0.25, -0.2) is 8.42 Å². The summed E-state index contributed by atoms with van der Waals surface area (Å²) in [4.78, 5) is 14.5. The third-order valence-corrected chi connectivity index (χ3v) is 5.21. The maximum Gasteiger partial charge on any atom is 0.266 e. The Morgan fingerprint density at radius 2 is 1.81 bits per heavy atom. The van der Waals surface area contributed by atoms with Gasteiger partial charge in [-0.05, 0) is 50.1 Å². The van der Waals surface area contributed by atoms with Gasteiger partial charge in [0.1, 0.15) is 0 Å². The van der Waals surface area contributed by atoms with Crippen LogP contribution in [0, 0.1) is 13.8 Å². The minimum atomic E-state index is -3.88. The first-order chi connectivity index (χ1) is 12.8. The van der Waals surface area contributed by atoms with Crippen molar-refractivity contribution >= 4 is 15.9 Å². The Morgan fingerprint density at radius 3 is 2.44 bits per heavy atom. The predicted octanol–water partition coefficient (Wildman–Crippen LogP) is 2.72. The maximum atomic E-state index is 12.4. The van der Waals surface area contributed by atoms with Crippen molar-refractivity contribution in [3.05, 3.63) is 53.1 Å². The van der Waals surface area contributed by atoms with Crippen LogP contribution in [0.2, 0.25) is 0 Å². The van der Waals surface area contributed by atoms with Gasteiger partial charge in [0.2, 0.25) is 0 Å². The summed E-state index contributed by atoms with van der Waals surface area (Å²) in [5.41, 5.74) is 4.00. The molecule has 146 valence electrons. The van der Waals surface area contributed by atoms with Crippen molar-refractivity contribution in [3.63, 3.8) is 0 Å². The Morgan fingerprint density at radius 1 is 1.07 bits per heavy atom. The van der Waals surface area contributed by atoms with Gasteiger partial charge in [-0.15, -0.1) is 4.83 Å². The topological polar surface area (TPSA) is 93.7 Å². The number of amides is 1. The van der Waals surface area contributed by atoms with Gasteiger partial charge in [-0.2, -0.15) is 0 Å². The summed E-state index contributed by atoms with van der Waals surface area (Å²) in [7, 11) is -2.41. The molecule has 0 radical (unpaired) electrons. The number of sulfonamides is 1. The van der Waals surface area contributed by atoms with Crippen LogP contribution in [0.15, 0.2) is 41.3 Å². The van der Waals surface area contributed by atoms with Gasteiger partial charge in [0.05, 0.1) is 18.6 Å². The SMILES string of the molecule is CCCOc1ccc(C(=O)NNS(=O)(=O)c2ccc(C)cc2C)cc1OC. The molecule has 0 atom stereocenters. The van der Waals surface area contributed by atoms with Crippen molar-refractivity contribution in [2.24, 2.45) is 0 Å². The van der Waals surface area contributed by atoms with Crippen LogP contribution in [-0.4, -0.2) is 28.0 Å². The van der Waals surface area contributed by atoms with E-state index in [1.54, 1.807) is 25.1 Å². The van der Waals surface area contributed by atoms with E-state index in [2.05, 4.69) is 10.3 Å². The van der Waals surface area contributed by atoms with Crippen LogP contribution in [0.25, 0.3) is 0 Å². The number of carbonyl (C=O) groups excluding carboxylic acids is 1. The standard InChI is InChI=1S/C19H24N2O5S/c1-5-10-26-16-8-7-15(12-17(16)25-4)19(22)20-21-27(23,24)18-9-6-13(2)11-14(18)3/h6-9,11-12,21H,5,10H2,1-4H3,(H,20,22). The summed E-state index contributed by atoms with van der Waals surface area (Å²) >= 11 is 0. The summed E-state index contributed by atoms with van der Waals surface area (Å²) in [5, 5.41) is 0. The molecule has 0 aromatic heterocycles. The summed E-state index contributed by atoms with van der Waals surface area (Å²) in [6, 6.07) is 9.60. The highest BCUT2D eigenvalue weighted by atomic mass is 32.2. The van der Waals surface area contributed by atoms with E-state index in [-0.39, 0.29) is 10.5 Å². The average molecular weight is 392 g/mol. The summed E-state index contributed by atoms with van der Waals surface area (Å²) < 4.78 is 35.6. The Kier molecular flexibility index (Phi) is 6.81. The van der Waals surface area contributed by atoms with E-state index in [1.807, 2.05) is 13.8 Å². The zero-order valence-corrected chi connectivity index (χ0v) is 16.6. The molecule has 0 fully saturated rings. The Balaban J connectivity index is 2.12. The molecular formula is C19H24N2O5S. The molecule has 0 aliphatic rings. The smallest absolute Gasteiger partial charge is 0.266 e. The second-order valence-corrected chi connectivity index (χ2v) is 7.69. The second-order valence-electron chi connectivity index (χ2n) is 6.04. The molecule has 0 saturated heterocycles. The molecule has 0 saturated carbocycles. The molecule has 27 heavy (non-hydrogen) atoms. The first-order valence-electron chi connectivity index (χ1n) is 8.48. The number of ether oxygens (including phenoxy) is 2. The van der Waals surface area contributed by atoms with Gasteiger partial charge in [-0.3, -0.25) is 10.2 Å². The number of aryl methyl sites for hydroxylation is 2. The van der Waals surface area contributed by atoms with E-state index in [1.165, 1.54) is 25.3 Å². The van der Waals surface area contributed by atoms with E-state index in [4.69, 9.17) is 9.47 Å². The zero-order chi connectivity index (χ0) is 20.0. The van der Waals surface area contributed by atoms with Crippen molar-refractivity contribution in [2.75, 3.05) is 13.7 Å². The van der Waals surface area contributed by atoms with Gasteiger partial charge >= 0.3 is 0 Å². The Labute approximate surface area is 159 Å². The van der Waals surface area contributed by atoms with E-state index < -0.39 is 15.9 Å². The number of rotatable bonds is 8. The van der Waals surface area contributed by atoms with Gasteiger partial charge in [0, 0.05) is 5.56 Å². The lowest BCUT2D eigenvalue weighted by Crippen LogP contribution is -2.41. The Bertz CT molecular complexity index is 926. The molecule has 0 aliphatic heterocycles. The molecule has 2 aromatic carbocycles. The molecular weight excluding hydrogens is 368 g/mol. The fraction of sp³-hybridized carbons (Fsp3) is 0.316. The van der Waals surface area contributed by atoms with Crippen molar-refractivity contribution < 1.29 is 22.7 Å². The molecule has 7 nitrogen and oxygen atoms in total. The Hall–Kier alpha value is -2.58. The quantitative estimate of drug-likeness (QED) is 0.674. The van der Waals surface area contributed by atoms with Crippen molar-refractivity contribution in [1.82, 2.24) is 10.3 Å². The van der Waals surface area contributed by atoms with Gasteiger partial charge in [-0.1, -0.05) is 24.6 Å². The monoisotopic (exact) mass is 392 g/mol. The number of methoxy groups -OCH3 is 1. The number of benzene rings is 2. The van der Waals surface area contributed by atoms with Crippen LogP contribution >= 0.6 is 0 Å². The van der Waals surface area contributed by atoms with Crippen LogP contribution in [0.5, 0.6) is 11.5 Å². The highest BCUT2D eigenvalue weighted by Gasteiger charge is 2.19. The fourth-order valence-corrected chi connectivity index (χ4v) is 3.55. The zero-order valence-electron chi connectivity index (χ0n) is 15.8. The summed E-state index contributed by atoms with van der Waals surface area (Å²) in [6.07, 6.45) is 0.839. The van der Waals surface area contributed by atoms with Gasteiger partial charge in [0.15, 0.2) is 11.5 Å². The first kappa shape index (κ1) is 20.7. The van der Waals surface area contributed by atoms with Gasteiger partial charge in [0.25, 0.3) is 15.9 Å². The molecule has 1 amide bonds. The number of hydrazine groups is 1. The van der Waals surface area contributed by atoms with E-state index in [9.17, 15) is 13.2 Å². The lowest BCUT2D eigenvalue weighted by atomic mass is 10.2. The predicted molar refractivity (Wildman–Crippen MR) is 102 cm³/mol. The number of carbonyl (C=O) groups is 1. The minimum absolute atomic E-state index is 0.106. The molecule has 2 rings (SSSR count). The van der Waals surface area contributed by atoms with E-state index in [0.29, 0.717) is 23.7 Å². The summed E-state index contributed by atoms with van der Waals surface area (Å²) in [6.45, 7) is 6.08. The van der Waals surface area contributed by atoms with Crippen molar-refractivity contribution in [3.8, 4) is 11.5 Å². The fourth-order valence-electron chi connectivity index (χ4n) is 2.48. The highest BCUT2D eigenvalue weighted by Crippen LogP contribution is 2.28. The average Bonchev–Trinajstić information content (AvgIpc) is 2.64. The molecule has 0 heterocycles. The molecule has 2 aromatic rings. The van der Waals surface area contributed by atoms with E-state index in [0.717, 1.165) is 12.0 Å². The first-order valence-corrected chi connectivity index (χ1v) is 9.97. The third-order valence-electron chi connectivity index (χ3n) is 3.81. The van der Waals surface area contributed by atoms with Crippen LogP contribution < -0.4 is 19.7 Å². The number of hydrogen-bond acceptors (Lipinski definition) is 5. The van der Waals surface area contributed by atoms with Crippen LogP contribution in [0.4, 0.5) is 0 Å². The summed E-state index contributed by atoms with van der Waals surface area (Å²) in [5.74, 6) is 0.309. The largest absolute Gasteiger partial charge is 0.493 e. The molecule has 8 heteroatoms. The van der Waals surface area contributed by atoms with Gasteiger partial charge < -0.3 is 9.47 Å². The third kappa shape index (κ3) is 5.21. The molecule has 2 N–H and O–H groups in total. The molecule has 0 aliphatic carbocycles. The highest BCUT2D eigenvalue weighted by molar-refractivity contribution is 7.89. The second kappa shape index (κ2) is 8.88. The number of hydrogen-bond donors (Lipinski definition) is 2. The normalized spacial score (nSPS) is 11.1.